The Morgan fingerprint density at radius 2 is 0.645 bits per heavy atom. The molecule has 0 saturated carbocycles. The fraction of sp³-hybridized carbons (Fsp3) is 0.257. The van der Waals surface area contributed by atoms with Crippen molar-refractivity contribution < 1.29 is 117 Å². The average molecular weight is 2200 g/mol. The van der Waals surface area contributed by atoms with E-state index < -0.39 is 91.1 Å². The van der Waals surface area contributed by atoms with Gasteiger partial charge >= 0.3 is 0 Å². The maximum atomic E-state index is 8.68. The fourth-order valence-electron chi connectivity index (χ4n) is 13.5. The predicted molar refractivity (Wildman–Crippen MR) is 498 cm³/mol. The van der Waals surface area contributed by atoms with Crippen LogP contribution in [0.3, 0.4) is 0 Å². The van der Waals surface area contributed by atoms with Crippen LogP contribution in [0, 0.1) is 126 Å². The van der Waals surface area contributed by atoms with Crippen molar-refractivity contribution in [3.63, 3.8) is 0 Å². The Labute approximate surface area is 817 Å². The predicted octanol–water partition coefficient (Wildman–Crippen LogP) is 28.8. The molecule has 12 aromatic heterocycles. The maximum absolute atomic E-state index is 8.68. The first-order valence-corrected chi connectivity index (χ1v) is 38.6. The van der Waals surface area contributed by atoms with Gasteiger partial charge in [-0.25, -0.2) is 15.0 Å². The molecule has 6 aromatic carbocycles. The molecular formula is C109H107Ir3N9O3-6. The molecule has 0 bridgehead atoms. The van der Waals surface area contributed by atoms with Gasteiger partial charge in [-0.2, -0.15) is 0 Å². The van der Waals surface area contributed by atoms with Crippen molar-refractivity contribution in [2.24, 2.45) is 0 Å². The Morgan fingerprint density at radius 1 is 0.298 bits per heavy atom. The number of aromatic nitrogens is 9. The molecular weight excluding hydrogens is 2060 g/mol. The zero-order valence-electron chi connectivity index (χ0n) is 102. The minimum atomic E-state index is -2.83. The number of fused-ring (bicyclic) bond motifs is 9. The monoisotopic (exact) mass is 2200 g/mol. The summed E-state index contributed by atoms with van der Waals surface area (Å²) in [5.74, 6) is -7.32. The van der Waals surface area contributed by atoms with Gasteiger partial charge in [-0.05, 0) is 202 Å². The fourth-order valence-corrected chi connectivity index (χ4v) is 13.5. The molecule has 3 radical (unpaired) electrons. The van der Waals surface area contributed by atoms with E-state index in [9.17, 15) is 0 Å². The van der Waals surface area contributed by atoms with E-state index in [1.165, 1.54) is 68.1 Å². The van der Waals surface area contributed by atoms with Crippen LogP contribution >= 0.6 is 0 Å². The third kappa shape index (κ3) is 21.5. The minimum Gasteiger partial charge on any atom is -0.486 e. The van der Waals surface area contributed by atoms with E-state index in [-0.39, 0.29) is 139 Å². The van der Waals surface area contributed by atoms with E-state index >= 15 is 0 Å². The molecule has 12 nitrogen and oxygen atoms in total. The summed E-state index contributed by atoms with van der Waals surface area (Å²) in [6.07, 6.45) is 8.41. The number of nitrogens with zero attached hydrogens (tertiary/aromatic N) is 9. The molecule has 15 heteroatoms. The number of hydrogen-bond acceptors (Lipinski definition) is 12. The first kappa shape index (κ1) is 59.8. The SMILES string of the molecule is [2H]C([2H])([2H])c1c[c-]c(-c2cc(C([2H])(C)C([2H])([2H])[2H])ccn2)c2oc3nc(C)cc(C([2H])(C)C)c3c12.[2H]C([2H])([2H])c1c[c-]c(-c2ccccn2)c2oc3nc(C)cc(C([2H])(C)C)c3c12.[2H]C([2H])([2H])c1cc(-c2[c-]cc(C([2H])([2H])[2H])c3c2oc2nc(C)cc(C([2H])(C)C)c23)ncc1C([2H])(C)C([2H])([2H])[2H].[2H]C([2H])([2H])c1cnc(-c2[c-]cccc2)cc1C.[2H]C([2H])([2H])c1cnc(-c2[c-]cccc2)cc1C.[2H]C([2H])([2H])c1cnc(-c2[c-]cccc2)cc1C.[Ir].[Ir].[Ir]. The van der Waals surface area contributed by atoms with Crippen LogP contribution in [0.25, 0.3) is 134 Å². The molecule has 2 atom stereocenters. The van der Waals surface area contributed by atoms with Crippen LogP contribution in [-0.4, -0.2) is 44.9 Å². The Kier molecular flexibility index (Phi) is 20.3. The summed E-state index contributed by atoms with van der Waals surface area (Å²) in [5, 5.41) is 2.31. The summed E-state index contributed by atoms with van der Waals surface area (Å²) >= 11 is 0. The standard InChI is InChI=1S/C25H27N2O.C24H25N2O.C21H19N2O.3C13H12N.3Ir/c1-13(2)19-11-17(7)27-25-23(19)22-15(5)8-9-18(24(22)28-25)21-10-16(6)20(12-26-21)14(3)4;1-13(2)17-9-10-25-20(12-17)18-8-7-15(5)21-22-19(14(3)4)11-16(6)26-24(22)27-23(18)21;1-12(2)16-11-14(4)23-21-19(16)18-13(3)8-9-15(20(18)24-21)17-7-5-6-10-22-17;3*1-10-8-13(14-9-11(10)2)12-6-4-3-5-7-12;;;/h8,10-14H,1-7H3;7,9-14H,1-6H3;5-8,10-12H,1-4H3;3*3-6,8-9H,1-2H3;;;/q6*-1;;;/i3D3,5D3,6D3,13D,14D;1D3,5D3,13D,14D;3D3,12D;3*2D3;;;. The molecule has 124 heavy (non-hydrogen) atoms. The molecule has 0 saturated heterocycles. The van der Waals surface area contributed by atoms with Gasteiger partial charge in [-0.3, -0.25) is 0 Å². The molecule has 0 spiro atoms. The van der Waals surface area contributed by atoms with Crippen molar-refractivity contribution in [1.82, 2.24) is 44.9 Å². The largest absolute Gasteiger partial charge is 0.486 e. The van der Waals surface area contributed by atoms with E-state index in [2.05, 4.69) is 81.3 Å². The van der Waals surface area contributed by atoms with Crippen molar-refractivity contribution in [3.05, 3.63) is 338 Å². The topological polar surface area (TPSA) is 155 Å². The van der Waals surface area contributed by atoms with E-state index in [0.29, 0.717) is 106 Å². The van der Waals surface area contributed by atoms with E-state index in [1.807, 2.05) is 104 Å². The summed E-state index contributed by atoms with van der Waals surface area (Å²) in [5.41, 5.74) is 14.5. The number of furan rings is 3. The Balaban J connectivity index is 0.000000196. The normalized spacial score (nSPS) is 17.0. The Morgan fingerprint density at radius 3 is 0.976 bits per heavy atom. The van der Waals surface area contributed by atoms with Crippen LogP contribution in [0.5, 0.6) is 0 Å². The summed E-state index contributed by atoms with van der Waals surface area (Å²) in [6.45, 7) is 1.47. The van der Waals surface area contributed by atoms with Gasteiger partial charge in [0.15, 0.2) is 0 Å². The van der Waals surface area contributed by atoms with Crippen LogP contribution in [0.4, 0.5) is 0 Å². The maximum Gasteiger partial charge on any atom is 0.216 e. The molecule has 0 aliphatic rings. The number of aryl methyl sites for hydroxylation is 13. The van der Waals surface area contributed by atoms with Gasteiger partial charge in [-0.1, -0.05) is 193 Å². The van der Waals surface area contributed by atoms with Gasteiger partial charge in [0.2, 0.25) is 17.1 Å². The summed E-state index contributed by atoms with van der Waals surface area (Å²) in [7, 11) is 0. The van der Waals surface area contributed by atoms with Crippen molar-refractivity contribution in [2.75, 3.05) is 0 Å². The third-order valence-electron chi connectivity index (χ3n) is 19.8. The van der Waals surface area contributed by atoms with Crippen LogP contribution in [0.1, 0.15) is 243 Å². The number of pyridine rings is 9. The minimum absolute atomic E-state index is 0. The second-order valence-electron chi connectivity index (χ2n) is 29.6. The first-order valence-electron chi connectivity index (χ1n) is 54.6. The molecule has 2 unspecified atom stereocenters. The molecule has 639 valence electrons. The number of hydrogen-bond donors (Lipinski definition) is 0. The van der Waals surface area contributed by atoms with Crippen molar-refractivity contribution in [3.8, 4) is 67.5 Å². The molecule has 0 amide bonds. The molecule has 18 aromatic rings. The van der Waals surface area contributed by atoms with Gasteiger partial charge in [0.05, 0.1) is 16.7 Å². The zero-order chi connectivity index (χ0) is 113. The Hall–Kier alpha value is -11.0. The van der Waals surface area contributed by atoms with Gasteiger partial charge in [0, 0.05) is 175 Å². The smallest absolute Gasteiger partial charge is 0.216 e. The molecule has 12 heterocycles. The van der Waals surface area contributed by atoms with Crippen LogP contribution in [-0.2, 0) is 60.3 Å². The third-order valence-corrected chi connectivity index (χ3v) is 19.8. The summed E-state index contributed by atoms with van der Waals surface area (Å²) in [6, 6.07) is 64.9. The van der Waals surface area contributed by atoms with Crippen LogP contribution in [0.2, 0.25) is 0 Å². The average Bonchev–Trinajstić information content (AvgIpc) is 1.57. The second kappa shape index (κ2) is 42.1. The van der Waals surface area contributed by atoms with Crippen LogP contribution < -0.4 is 0 Å². The number of benzene rings is 6. The number of rotatable bonds is 11. The Bertz CT molecular complexity index is 7910. The summed E-state index contributed by atoms with van der Waals surface area (Å²) < 4.78 is 271. The van der Waals surface area contributed by atoms with E-state index in [1.54, 1.807) is 113 Å². The van der Waals surface area contributed by atoms with E-state index in [4.69, 9.17) is 57.1 Å². The zero-order valence-corrected chi connectivity index (χ0v) is 77.5. The van der Waals surface area contributed by atoms with Gasteiger partial charge in [0.1, 0.15) is 0 Å². The molecule has 0 N–H and O–H groups in total. The summed E-state index contributed by atoms with van der Waals surface area (Å²) in [4.78, 5) is 38.9. The van der Waals surface area contributed by atoms with Gasteiger partial charge in [0.25, 0.3) is 0 Å². The second-order valence-corrected chi connectivity index (χ2v) is 29.6. The molecule has 18 rings (SSSR count). The quantitative estimate of drug-likeness (QED) is 0.113. The first-order chi connectivity index (χ1) is 70.5. The molecule has 0 aliphatic heterocycles. The van der Waals surface area contributed by atoms with Crippen LogP contribution in [0.15, 0.2) is 214 Å². The molecule has 0 fully saturated rings. The van der Waals surface area contributed by atoms with Crippen molar-refractivity contribution >= 4 is 66.2 Å². The van der Waals surface area contributed by atoms with Gasteiger partial charge in [-0.15, -0.1) is 161 Å². The van der Waals surface area contributed by atoms with Crippen molar-refractivity contribution in [1.29, 1.82) is 0 Å². The molecule has 0 aliphatic carbocycles. The van der Waals surface area contributed by atoms with Gasteiger partial charge < -0.3 is 43.2 Å². The van der Waals surface area contributed by atoms with Crippen molar-refractivity contribution in [2.45, 2.75) is 188 Å². The van der Waals surface area contributed by atoms with E-state index in [0.717, 1.165) is 63.6 Å².